The zero-order valence-corrected chi connectivity index (χ0v) is 14.3. The van der Waals surface area contributed by atoms with E-state index < -0.39 is 5.60 Å². The molecule has 1 rings (SSSR count). The first-order valence-corrected chi connectivity index (χ1v) is 8.19. The second-order valence-electron chi connectivity index (χ2n) is 5.55. The maximum atomic E-state index is 6.03. The zero-order valence-electron chi connectivity index (χ0n) is 13.3. The summed E-state index contributed by atoms with van der Waals surface area (Å²) in [5, 5.41) is 1.16. The van der Waals surface area contributed by atoms with Crippen LogP contribution in [0.2, 0.25) is 0 Å². The highest BCUT2D eigenvalue weighted by Gasteiger charge is 2.38. The molecule has 0 unspecified atom stereocenters. The van der Waals surface area contributed by atoms with Crippen molar-refractivity contribution in [2.45, 2.75) is 65.5 Å². The lowest BCUT2D eigenvalue weighted by molar-refractivity contribution is -0.358. The Bertz CT molecular complexity index is 350. The van der Waals surface area contributed by atoms with Gasteiger partial charge in [-0.05, 0) is 41.5 Å². The van der Waals surface area contributed by atoms with Crippen molar-refractivity contribution in [1.82, 2.24) is 0 Å². The van der Waals surface area contributed by atoms with Gasteiger partial charge in [0, 0.05) is 0 Å². The predicted molar refractivity (Wildman–Crippen MR) is 83.2 cm³/mol. The molecule has 0 aromatic heterocycles. The van der Waals surface area contributed by atoms with Crippen LogP contribution in [0.1, 0.15) is 41.5 Å². The van der Waals surface area contributed by atoms with E-state index in [2.05, 4.69) is 12.1 Å². The maximum Gasteiger partial charge on any atom is 0.258 e. The van der Waals surface area contributed by atoms with Gasteiger partial charge in [0.05, 0.1) is 18.3 Å². The number of hydrogen-bond acceptors (Lipinski definition) is 3. The molecular weight excluding hydrogens is 268 g/mol. The summed E-state index contributed by atoms with van der Waals surface area (Å²) in [7, 11) is 0.278. The normalized spacial score (nSPS) is 12.7. The quantitative estimate of drug-likeness (QED) is 0.545. The average Bonchev–Trinajstić information content (AvgIpc) is 2.26. The fourth-order valence-electron chi connectivity index (χ4n) is 1.80. The van der Waals surface area contributed by atoms with Crippen molar-refractivity contribution in [3.8, 4) is 0 Å². The lowest BCUT2D eigenvalue weighted by Gasteiger charge is -2.37. The molecule has 1 aromatic rings. The molecule has 4 heteroatoms. The van der Waals surface area contributed by atoms with Crippen molar-refractivity contribution in [3.63, 3.8) is 0 Å². The molecule has 0 atom stereocenters. The fourth-order valence-corrected chi connectivity index (χ4v) is 3.40. The van der Waals surface area contributed by atoms with Crippen LogP contribution in [0.15, 0.2) is 30.3 Å². The van der Waals surface area contributed by atoms with E-state index in [1.165, 1.54) is 0 Å². The molecule has 0 spiro atoms. The van der Waals surface area contributed by atoms with Crippen molar-refractivity contribution in [2.75, 3.05) is 0 Å². The Labute approximate surface area is 125 Å². The predicted octanol–water partition coefficient (Wildman–Crippen LogP) is 2.90. The highest BCUT2D eigenvalue weighted by molar-refractivity contribution is 6.55. The molecule has 0 aliphatic rings. The first-order chi connectivity index (χ1) is 9.33. The lowest BCUT2D eigenvalue weighted by Crippen LogP contribution is -2.53. The Morgan fingerprint density at radius 1 is 0.750 bits per heavy atom. The van der Waals surface area contributed by atoms with Crippen molar-refractivity contribution < 1.29 is 14.2 Å². The molecule has 0 amide bonds. The summed E-state index contributed by atoms with van der Waals surface area (Å²) < 4.78 is 18.1. The van der Waals surface area contributed by atoms with E-state index >= 15 is 0 Å². The van der Waals surface area contributed by atoms with Crippen LogP contribution in [0, 0.1) is 0 Å². The third kappa shape index (κ3) is 6.18. The second-order valence-corrected chi connectivity index (χ2v) is 6.99. The molecule has 20 heavy (non-hydrogen) atoms. The van der Waals surface area contributed by atoms with Crippen LogP contribution in [0.4, 0.5) is 0 Å². The average molecular weight is 294 g/mol. The first kappa shape index (κ1) is 17.4. The summed E-state index contributed by atoms with van der Waals surface area (Å²) in [6, 6.07) is 10.2. The Balaban J connectivity index is 3.00. The minimum Gasteiger partial charge on any atom is -0.329 e. The van der Waals surface area contributed by atoms with Crippen LogP contribution >= 0.6 is 0 Å². The van der Waals surface area contributed by atoms with Crippen molar-refractivity contribution in [2.24, 2.45) is 0 Å². The Kier molecular flexibility index (Phi) is 6.89. The van der Waals surface area contributed by atoms with Crippen LogP contribution in [-0.2, 0) is 14.2 Å². The van der Waals surface area contributed by atoms with Crippen LogP contribution < -0.4 is 5.19 Å². The van der Waals surface area contributed by atoms with E-state index in [4.69, 9.17) is 14.2 Å². The summed E-state index contributed by atoms with van der Waals surface area (Å²) in [5.74, 6) is 0. The monoisotopic (exact) mass is 294 g/mol. The van der Waals surface area contributed by atoms with Gasteiger partial charge < -0.3 is 14.2 Å². The van der Waals surface area contributed by atoms with E-state index in [9.17, 15) is 0 Å². The van der Waals surface area contributed by atoms with Gasteiger partial charge in [-0.1, -0.05) is 35.5 Å². The van der Waals surface area contributed by atoms with Gasteiger partial charge in [-0.15, -0.1) is 0 Å². The summed E-state index contributed by atoms with van der Waals surface area (Å²) in [6.45, 7) is 12.0. The van der Waals surface area contributed by atoms with E-state index in [-0.39, 0.29) is 27.8 Å². The van der Waals surface area contributed by atoms with E-state index in [0.717, 1.165) is 5.19 Å². The summed E-state index contributed by atoms with van der Waals surface area (Å²) in [5.41, 5.74) is -1.00. The van der Waals surface area contributed by atoms with Gasteiger partial charge in [0.2, 0.25) is 9.52 Å². The van der Waals surface area contributed by atoms with Gasteiger partial charge in [0.25, 0.3) is 5.60 Å². The second kappa shape index (κ2) is 7.93. The van der Waals surface area contributed by atoms with Crippen LogP contribution in [0.25, 0.3) is 0 Å². The van der Waals surface area contributed by atoms with Gasteiger partial charge in [-0.2, -0.15) is 0 Å². The minimum atomic E-state index is -1.00. The molecule has 112 valence electrons. The molecular formula is C16H26O3Si. The van der Waals surface area contributed by atoms with Crippen molar-refractivity contribution in [1.29, 1.82) is 0 Å². The van der Waals surface area contributed by atoms with E-state index in [1.807, 2.05) is 59.7 Å². The van der Waals surface area contributed by atoms with Gasteiger partial charge in [0.15, 0.2) is 0 Å². The highest BCUT2D eigenvalue weighted by Crippen LogP contribution is 2.21. The van der Waals surface area contributed by atoms with E-state index in [0.29, 0.717) is 0 Å². The number of ether oxygens (including phenoxy) is 3. The zero-order chi connectivity index (χ0) is 15.2. The molecule has 0 aliphatic carbocycles. The molecule has 0 bridgehead atoms. The lowest BCUT2D eigenvalue weighted by atomic mass is 10.4. The first-order valence-electron chi connectivity index (χ1n) is 7.19. The van der Waals surface area contributed by atoms with Gasteiger partial charge in [0.1, 0.15) is 0 Å². The summed E-state index contributed by atoms with van der Waals surface area (Å²) in [4.78, 5) is 0. The molecule has 0 fully saturated rings. The number of hydrogen-bond donors (Lipinski definition) is 0. The van der Waals surface area contributed by atoms with Crippen LogP contribution in [0.5, 0.6) is 0 Å². The largest absolute Gasteiger partial charge is 0.329 e. The topological polar surface area (TPSA) is 27.7 Å². The molecule has 1 aromatic carbocycles. The SMILES string of the molecule is CC(C)OC(OC(C)C)(OC(C)C)[Si]c1ccccc1. The highest BCUT2D eigenvalue weighted by atomic mass is 28.2. The van der Waals surface area contributed by atoms with E-state index in [1.54, 1.807) is 0 Å². The number of rotatable bonds is 8. The standard InChI is InChI=1S/C16H26O3Si/c1-12(2)17-16(18-13(3)4,19-14(5)6)20-15-10-8-7-9-11-15/h7-14H,1-6H3. The number of benzene rings is 1. The molecule has 0 aliphatic heterocycles. The third-order valence-electron chi connectivity index (χ3n) is 2.24. The molecule has 0 heterocycles. The fraction of sp³-hybridized carbons (Fsp3) is 0.625. The Hall–Kier alpha value is -0.683. The molecule has 0 N–H and O–H groups in total. The minimum absolute atomic E-state index is 0.0312. The molecule has 3 nitrogen and oxygen atoms in total. The Morgan fingerprint density at radius 2 is 1.15 bits per heavy atom. The molecule has 2 radical (unpaired) electrons. The molecule has 0 saturated heterocycles. The molecule has 0 saturated carbocycles. The Morgan fingerprint density at radius 3 is 1.50 bits per heavy atom. The third-order valence-corrected chi connectivity index (χ3v) is 3.53. The van der Waals surface area contributed by atoms with Crippen LogP contribution in [0.3, 0.4) is 0 Å². The van der Waals surface area contributed by atoms with Crippen LogP contribution in [-0.4, -0.2) is 33.4 Å². The smallest absolute Gasteiger partial charge is 0.258 e. The van der Waals surface area contributed by atoms with Crippen molar-refractivity contribution in [3.05, 3.63) is 30.3 Å². The van der Waals surface area contributed by atoms with Gasteiger partial charge in [-0.3, -0.25) is 0 Å². The van der Waals surface area contributed by atoms with Gasteiger partial charge >= 0.3 is 0 Å². The summed E-state index contributed by atoms with van der Waals surface area (Å²) in [6.07, 6.45) is 0.0936. The van der Waals surface area contributed by atoms with Crippen molar-refractivity contribution >= 4 is 14.7 Å². The summed E-state index contributed by atoms with van der Waals surface area (Å²) >= 11 is 0. The maximum absolute atomic E-state index is 6.03. The van der Waals surface area contributed by atoms with Gasteiger partial charge in [-0.25, -0.2) is 0 Å².